The van der Waals surface area contributed by atoms with Crippen LogP contribution in [0.1, 0.15) is 45.8 Å². The van der Waals surface area contributed by atoms with E-state index in [4.69, 9.17) is 4.74 Å². The van der Waals surface area contributed by atoms with Crippen molar-refractivity contribution in [1.82, 2.24) is 5.43 Å². The summed E-state index contributed by atoms with van der Waals surface area (Å²) in [4.78, 5) is 12.0. The van der Waals surface area contributed by atoms with Crippen molar-refractivity contribution in [2.24, 2.45) is 5.10 Å². The maximum absolute atomic E-state index is 12.0. The SMILES string of the molecule is C=C(C/C(=N\NC(C)(C)C)C(=O)OCC)C(O)c1ccccc1. The normalized spacial score (nSPS) is 13.3. The molecule has 0 aliphatic rings. The van der Waals surface area contributed by atoms with Gasteiger partial charge in [0.05, 0.1) is 6.61 Å². The summed E-state index contributed by atoms with van der Waals surface area (Å²) in [5.74, 6) is -0.509. The summed E-state index contributed by atoms with van der Waals surface area (Å²) in [6, 6.07) is 9.17. The zero-order valence-electron chi connectivity index (χ0n) is 14.3. The average molecular weight is 318 g/mol. The third-order valence-electron chi connectivity index (χ3n) is 2.93. The molecule has 0 aromatic heterocycles. The minimum absolute atomic E-state index is 0.137. The lowest BCUT2D eigenvalue weighted by atomic mass is 9.98. The summed E-state index contributed by atoms with van der Waals surface area (Å²) in [7, 11) is 0. The van der Waals surface area contributed by atoms with Gasteiger partial charge in [-0.15, -0.1) is 0 Å². The van der Waals surface area contributed by atoms with Crippen LogP contribution in [0.15, 0.2) is 47.6 Å². The molecule has 1 atom stereocenters. The summed E-state index contributed by atoms with van der Waals surface area (Å²) in [6.45, 7) is 11.7. The fourth-order valence-corrected chi connectivity index (χ4v) is 1.79. The minimum atomic E-state index is -0.856. The molecule has 0 aliphatic carbocycles. The van der Waals surface area contributed by atoms with Crippen molar-refractivity contribution in [1.29, 1.82) is 0 Å². The van der Waals surface area contributed by atoms with Crippen molar-refractivity contribution in [3.8, 4) is 0 Å². The second-order valence-electron chi connectivity index (χ2n) is 6.29. The molecule has 23 heavy (non-hydrogen) atoms. The largest absolute Gasteiger partial charge is 0.461 e. The van der Waals surface area contributed by atoms with Crippen LogP contribution >= 0.6 is 0 Å². The minimum Gasteiger partial charge on any atom is -0.461 e. The van der Waals surface area contributed by atoms with Gasteiger partial charge in [-0.2, -0.15) is 5.10 Å². The lowest BCUT2D eigenvalue weighted by Gasteiger charge is -2.20. The van der Waals surface area contributed by atoms with Gasteiger partial charge < -0.3 is 15.3 Å². The molecule has 0 saturated carbocycles. The monoisotopic (exact) mass is 318 g/mol. The van der Waals surface area contributed by atoms with Crippen LogP contribution in [0.4, 0.5) is 0 Å². The molecule has 0 spiro atoms. The fourth-order valence-electron chi connectivity index (χ4n) is 1.79. The van der Waals surface area contributed by atoms with Gasteiger partial charge in [0.15, 0.2) is 0 Å². The first-order chi connectivity index (χ1) is 10.7. The topological polar surface area (TPSA) is 70.9 Å². The number of esters is 1. The second kappa shape index (κ2) is 8.48. The number of rotatable bonds is 7. The van der Waals surface area contributed by atoms with Crippen LogP contribution in [0.5, 0.6) is 0 Å². The predicted molar refractivity (Wildman–Crippen MR) is 92.1 cm³/mol. The van der Waals surface area contributed by atoms with E-state index in [-0.39, 0.29) is 24.3 Å². The number of hydrogen-bond donors (Lipinski definition) is 2. The van der Waals surface area contributed by atoms with E-state index in [0.29, 0.717) is 5.57 Å². The lowest BCUT2D eigenvalue weighted by Crippen LogP contribution is -2.34. The van der Waals surface area contributed by atoms with Crippen LogP contribution < -0.4 is 5.43 Å². The van der Waals surface area contributed by atoms with Crippen LogP contribution in [-0.4, -0.2) is 28.9 Å². The van der Waals surface area contributed by atoms with Crippen LogP contribution in [0.25, 0.3) is 0 Å². The van der Waals surface area contributed by atoms with E-state index in [1.54, 1.807) is 6.92 Å². The highest BCUT2D eigenvalue weighted by atomic mass is 16.5. The average Bonchev–Trinajstić information content (AvgIpc) is 2.50. The third-order valence-corrected chi connectivity index (χ3v) is 2.93. The van der Waals surface area contributed by atoms with Gasteiger partial charge in [-0.3, -0.25) is 0 Å². The lowest BCUT2D eigenvalue weighted by molar-refractivity contribution is -0.135. The Balaban J connectivity index is 2.87. The van der Waals surface area contributed by atoms with Gasteiger partial charge in [0.1, 0.15) is 11.8 Å². The molecule has 1 aromatic rings. The molecule has 2 N–H and O–H groups in total. The Hall–Kier alpha value is -2.14. The number of benzene rings is 1. The molecule has 1 rings (SSSR count). The van der Waals surface area contributed by atoms with E-state index < -0.39 is 12.1 Å². The summed E-state index contributed by atoms with van der Waals surface area (Å²) in [5.41, 5.74) is 4.04. The molecule has 0 aliphatic heterocycles. The quantitative estimate of drug-likeness (QED) is 0.351. The van der Waals surface area contributed by atoms with E-state index in [0.717, 1.165) is 5.56 Å². The Labute approximate surface area is 138 Å². The zero-order valence-corrected chi connectivity index (χ0v) is 14.3. The number of aliphatic hydroxyl groups is 1. The van der Waals surface area contributed by atoms with E-state index >= 15 is 0 Å². The number of carbonyl (C=O) groups is 1. The first-order valence-corrected chi connectivity index (χ1v) is 7.66. The second-order valence-corrected chi connectivity index (χ2v) is 6.29. The Bertz CT molecular complexity index is 559. The smallest absolute Gasteiger partial charge is 0.354 e. The molecule has 0 heterocycles. The van der Waals surface area contributed by atoms with Gasteiger partial charge >= 0.3 is 5.97 Å². The van der Waals surface area contributed by atoms with Gasteiger partial charge in [-0.1, -0.05) is 36.9 Å². The Morgan fingerprint density at radius 3 is 2.48 bits per heavy atom. The van der Waals surface area contributed by atoms with E-state index in [2.05, 4.69) is 17.1 Å². The number of nitrogens with zero attached hydrogens (tertiary/aromatic N) is 1. The summed E-state index contributed by atoms with van der Waals surface area (Å²) in [6.07, 6.45) is -0.719. The maximum atomic E-state index is 12.0. The summed E-state index contributed by atoms with van der Waals surface area (Å²) >= 11 is 0. The van der Waals surface area contributed by atoms with Crippen molar-refractivity contribution in [2.45, 2.75) is 45.8 Å². The van der Waals surface area contributed by atoms with E-state index in [1.807, 2.05) is 51.1 Å². The van der Waals surface area contributed by atoms with E-state index in [1.165, 1.54) is 0 Å². The number of hydrogen-bond acceptors (Lipinski definition) is 5. The van der Waals surface area contributed by atoms with E-state index in [9.17, 15) is 9.90 Å². The molecule has 126 valence electrons. The number of carbonyl (C=O) groups excluding carboxylic acids is 1. The van der Waals surface area contributed by atoms with Crippen LogP contribution in [0.3, 0.4) is 0 Å². The Morgan fingerprint density at radius 1 is 1.35 bits per heavy atom. The Kier molecular flexibility index (Phi) is 6.97. The molecular weight excluding hydrogens is 292 g/mol. The highest BCUT2D eigenvalue weighted by Crippen LogP contribution is 2.23. The van der Waals surface area contributed by atoms with Crippen LogP contribution in [-0.2, 0) is 9.53 Å². The molecular formula is C18H26N2O3. The zero-order chi connectivity index (χ0) is 17.5. The van der Waals surface area contributed by atoms with Gasteiger partial charge in [0.2, 0.25) is 0 Å². The molecule has 0 bridgehead atoms. The van der Waals surface area contributed by atoms with Crippen LogP contribution in [0.2, 0.25) is 0 Å². The van der Waals surface area contributed by atoms with Crippen LogP contribution in [0, 0.1) is 0 Å². The fraction of sp³-hybridized carbons (Fsp3) is 0.444. The van der Waals surface area contributed by atoms with Gasteiger partial charge in [0.25, 0.3) is 0 Å². The number of ether oxygens (including phenoxy) is 1. The third kappa shape index (κ3) is 6.65. The number of aliphatic hydroxyl groups excluding tert-OH is 1. The highest BCUT2D eigenvalue weighted by molar-refractivity contribution is 6.36. The van der Waals surface area contributed by atoms with Crippen molar-refractivity contribution in [3.05, 3.63) is 48.0 Å². The molecule has 5 heteroatoms. The van der Waals surface area contributed by atoms with Crippen molar-refractivity contribution >= 4 is 11.7 Å². The molecule has 0 saturated heterocycles. The van der Waals surface area contributed by atoms with Crippen molar-refractivity contribution in [2.75, 3.05) is 6.61 Å². The van der Waals surface area contributed by atoms with Gasteiger partial charge in [-0.05, 0) is 38.8 Å². The number of hydrazone groups is 1. The van der Waals surface area contributed by atoms with Gasteiger partial charge in [-0.25, -0.2) is 4.79 Å². The van der Waals surface area contributed by atoms with Crippen molar-refractivity contribution < 1.29 is 14.6 Å². The molecule has 0 radical (unpaired) electrons. The molecule has 1 aromatic carbocycles. The first-order valence-electron chi connectivity index (χ1n) is 7.66. The Morgan fingerprint density at radius 2 is 1.96 bits per heavy atom. The maximum Gasteiger partial charge on any atom is 0.354 e. The molecule has 1 unspecified atom stereocenters. The van der Waals surface area contributed by atoms with Crippen molar-refractivity contribution in [3.63, 3.8) is 0 Å². The molecule has 0 amide bonds. The highest BCUT2D eigenvalue weighted by Gasteiger charge is 2.20. The molecule has 0 fully saturated rings. The number of nitrogens with one attached hydrogen (secondary N) is 1. The molecule has 5 nitrogen and oxygen atoms in total. The standard InChI is InChI=1S/C18H26N2O3/c1-6-23-17(22)15(19-20-18(3,4)5)12-13(2)16(21)14-10-8-7-9-11-14/h7-11,16,20-21H,2,6,12H2,1,3-5H3/b19-15+. The van der Waals surface area contributed by atoms with Gasteiger partial charge in [0, 0.05) is 12.0 Å². The summed E-state index contributed by atoms with van der Waals surface area (Å²) in [5, 5.41) is 14.5. The summed E-state index contributed by atoms with van der Waals surface area (Å²) < 4.78 is 5.02. The predicted octanol–water partition coefficient (Wildman–Crippen LogP) is 2.97. The first kappa shape index (κ1) is 18.9.